The average Bonchev–Trinajstić information content (AvgIpc) is 3.80. The van der Waals surface area contributed by atoms with Gasteiger partial charge in [0.2, 0.25) is 11.8 Å². The molecule has 2 aromatic heterocycles. The van der Waals surface area contributed by atoms with E-state index in [2.05, 4.69) is 88.8 Å². The van der Waals surface area contributed by atoms with Crippen molar-refractivity contribution in [1.82, 2.24) is 9.97 Å². The van der Waals surface area contributed by atoms with E-state index in [0.29, 0.717) is 38.1 Å². The van der Waals surface area contributed by atoms with Crippen LogP contribution < -0.4 is 0 Å². The molecule has 2 aliphatic heterocycles. The Bertz CT molecular complexity index is 2050. The molecule has 0 N–H and O–H groups in total. The van der Waals surface area contributed by atoms with Crippen molar-refractivity contribution in [2.24, 2.45) is 9.98 Å². The molecule has 6 heteroatoms. The van der Waals surface area contributed by atoms with Crippen molar-refractivity contribution in [3.63, 3.8) is 0 Å². The van der Waals surface area contributed by atoms with E-state index in [1.165, 1.54) is 0 Å². The minimum Gasteiger partial charge on any atom is -0.474 e. The fourth-order valence-electron chi connectivity index (χ4n) is 5.91. The first-order valence-corrected chi connectivity index (χ1v) is 14.2. The zero-order chi connectivity index (χ0) is 27.9. The molecule has 0 fully saturated rings. The second-order valence-electron chi connectivity index (χ2n) is 10.3. The normalized spacial score (nSPS) is 14.5. The molecular weight excluding hydrogens is 520 g/mol. The number of hydrogen-bond acceptors (Lipinski definition) is 6. The zero-order valence-corrected chi connectivity index (χ0v) is 22.8. The van der Waals surface area contributed by atoms with E-state index in [9.17, 15) is 0 Å². The number of benzene rings is 4. The summed E-state index contributed by atoms with van der Waals surface area (Å²) < 4.78 is 11.5. The quantitative estimate of drug-likeness (QED) is 0.212. The van der Waals surface area contributed by atoms with E-state index in [-0.39, 0.29) is 0 Å². The molecule has 42 heavy (non-hydrogen) atoms. The van der Waals surface area contributed by atoms with Crippen LogP contribution in [-0.4, -0.2) is 48.1 Å². The van der Waals surface area contributed by atoms with Gasteiger partial charge in [0.1, 0.15) is 24.6 Å². The van der Waals surface area contributed by atoms with Gasteiger partial charge < -0.3 is 9.47 Å². The van der Waals surface area contributed by atoms with Gasteiger partial charge in [0, 0.05) is 11.1 Å². The molecule has 202 valence electrons. The van der Waals surface area contributed by atoms with Crippen LogP contribution in [0.2, 0.25) is 0 Å². The first-order chi connectivity index (χ1) is 20.8. The second-order valence-corrected chi connectivity index (χ2v) is 10.3. The third kappa shape index (κ3) is 4.20. The number of rotatable bonds is 5. The van der Waals surface area contributed by atoms with Crippen LogP contribution in [0.1, 0.15) is 11.4 Å². The SMILES string of the molecule is c1ccc(-c2ccc3c(-c4cccc(C5=NCCO5)n4)c4ccccc4c(-c4cccc(C5=NCCO5)n4)c3c2)cc1. The highest BCUT2D eigenvalue weighted by Crippen LogP contribution is 2.44. The smallest absolute Gasteiger partial charge is 0.235 e. The van der Waals surface area contributed by atoms with Crippen LogP contribution in [0.15, 0.2) is 119 Å². The molecule has 4 aromatic carbocycles. The molecule has 2 aliphatic rings. The fourth-order valence-corrected chi connectivity index (χ4v) is 5.91. The van der Waals surface area contributed by atoms with Gasteiger partial charge in [-0.05, 0) is 63.0 Å². The highest BCUT2D eigenvalue weighted by atomic mass is 16.5. The monoisotopic (exact) mass is 546 g/mol. The first-order valence-electron chi connectivity index (χ1n) is 14.2. The second kappa shape index (κ2) is 10.2. The van der Waals surface area contributed by atoms with Crippen molar-refractivity contribution in [1.29, 1.82) is 0 Å². The lowest BCUT2D eigenvalue weighted by Gasteiger charge is -2.18. The molecule has 6 nitrogen and oxygen atoms in total. The van der Waals surface area contributed by atoms with E-state index >= 15 is 0 Å². The number of nitrogens with zero attached hydrogens (tertiary/aromatic N) is 4. The first kappa shape index (κ1) is 24.4. The Morgan fingerprint density at radius 3 is 1.52 bits per heavy atom. The number of fused-ring (bicyclic) bond motifs is 2. The molecule has 0 unspecified atom stereocenters. The van der Waals surface area contributed by atoms with Gasteiger partial charge in [-0.3, -0.25) is 0 Å². The van der Waals surface area contributed by atoms with Gasteiger partial charge in [-0.1, -0.05) is 78.9 Å². The van der Waals surface area contributed by atoms with Crippen LogP contribution in [0, 0.1) is 0 Å². The van der Waals surface area contributed by atoms with Gasteiger partial charge >= 0.3 is 0 Å². The molecule has 0 bridgehead atoms. The molecule has 0 spiro atoms. The third-order valence-corrected chi connectivity index (χ3v) is 7.75. The van der Waals surface area contributed by atoms with Gasteiger partial charge in [0.15, 0.2) is 0 Å². The van der Waals surface area contributed by atoms with Gasteiger partial charge in [-0.25, -0.2) is 20.0 Å². The Morgan fingerprint density at radius 1 is 0.429 bits per heavy atom. The standard InChI is InChI=1S/C36H26N4O2/c1-2-8-23(9-3-1)24-16-17-27-28(22-24)34(30-13-7-15-32(40-30)36-38-19-21-42-36)26-11-5-4-10-25(26)33(27)29-12-6-14-31(39-29)35-37-18-20-41-35/h1-17,22H,18-21H2. The zero-order valence-electron chi connectivity index (χ0n) is 22.8. The average molecular weight is 547 g/mol. The summed E-state index contributed by atoms with van der Waals surface area (Å²) in [6.45, 7) is 2.50. The lowest BCUT2D eigenvalue weighted by atomic mass is 9.87. The summed E-state index contributed by atoms with van der Waals surface area (Å²) in [4.78, 5) is 19.2. The highest BCUT2D eigenvalue weighted by Gasteiger charge is 2.21. The van der Waals surface area contributed by atoms with Crippen molar-refractivity contribution in [3.05, 3.63) is 121 Å². The number of hydrogen-bond donors (Lipinski definition) is 0. The lowest BCUT2D eigenvalue weighted by molar-refractivity contribution is 0.347. The molecule has 0 saturated carbocycles. The maximum atomic E-state index is 5.77. The van der Waals surface area contributed by atoms with Crippen LogP contribution in [0.3, 0.4) is 0 Å². The summed E-state index contributed by atoms with van der Waals surface area (Å²) in [5, 5.41) is 4.41. The molecule has 8 rings (SSSR count). The van der Waals surface area contributed by atoms with Crippen molar-refractivity contribution >= 4 is 33.3 Å². The molecule has 0 radical (unpaired) electrons. The molecule has 0 aliphatic carbocycles. The maximum Gasteiger partial charge on any atom is 0.235 e. The van der Waals surface area contributed by atoms with Crippen molar-refractivity contribution in [2.45, 2.75) is 0 Å². The number of pyridine rings is 2. The minimum absolute atomic E-state index is 0.589. The predicted octanol–water partition coefficient (Wildman–Crippen LogP) is 7.34. The Balaban J connectivity index is 1.44. The summed E-state index contributed by atoms with van der Waals surface area (Å²) >= 11 is 0. The van der Waals surface area contributed by atoms with Crippen molar-refractivity contribution in [2.75, 3.05) is 26.3 Å². The number of aromatic nitrogens is 2. The van der Waals surface area contributed by atoms with E-state index in [4.69, 9.17) is 19.4 Å². The number of aliphatic imine (C=N–C) groups is 2. The topological polar surface area (TPSA) is 69.0 Å². The van der Waals surface area contributed by atoms with Crippen LogP contribution in [0.4, 0.5) is 0 Å². The highest BCUT2D eigenvalue weighted by molar-refractivity contribution is 6.21. The van der Waals surface area contributed by atoms with E-state index in [1.807, 2.05) is 30.3 Å². The Kier molecular flexibility index (Phi) is 5.96. The molecule has 6 aromatic rings. The summed E-state index contributed by atoms with van der Waals surface area (Å²) in [6, 6.07) is 37.8. The Hall–Kier alpha value is -5.36. The van der Waals surface area contributed by atoms with E-state index < -0.39 is 0 Å². The van der Waals surface area contributed by atoms with Crippen molar-refractivity contribution < 1.29 is 9.47 Å². The summed E-state index contributed by atoms with van der Waals surface area (Å²) in [5.41, 5.74) is 7.69. The van der Waals surface area contributed by atoms with Crippen LogP contribution in [0.5, 0.6) is 0 Å². The number of ether oxygens (including phenoxy) is 2. The van der Waals surface area contributed by atoms with Gasteiger partial charge in [-0.2, -0.15) is 0 Å². The summed E-state index contributed by atoms with van der Waals surface area (Å²) in [6.07, 6.45) is 0. The molecule has 0 saturated heterocycles. The fraction of sp³-hybridized carbons (Fsp3) is 0.111. The Morgan fingerprint density at radius 2 is 0.952 bits per heavy atom. The van der Waals surface area contributed by atoms with E-state index in [1.54, 1.807) is 0 Å². The minimum atomic E-state index is 0.589. The van der Waals surface area contributed by atoms with Crippen molar-refractivity contribution in [3.8, 4) is 33.6 Å². The summed E-state index contributed by atoms with van der Waals surface area (Å²) in [5.74, 6) is 1.21. The molecule has 0 amide bonds. The van der Waals surface area contributed by atoms with Crippen LogP contribution in [0.25, 0.3) is 55.2 Å². The maximum absolute atomic E-state index is 5.77. The van der Waals surface area contributed by atoms with Gasteiger partial charge in [-0.15, -0.1) is 0 Å². The largest absolute Gasteiger partial charge is 0.474 e. The third-order valence-electron chi connectivity index (χ3n) is 7.75. The Labute approximate surface area is 243 Å². The predicted molar refractivity (Wildman–Crippen MR) is 168 cm³/mol. The van der Waals surface area contributed by atoms with E-state index in [0.717, 1.165) is 66.6 Å². The summed E-state index contributed by atoms with van der Waals surface area (Å²) in [7, 11) is 0. The van der Waals surface area contributed by atoms with Crippen LogP contribution >= 0.6 is 0 Å². The molecule has 0 atom stereocenters. The van der Waals surface area contributed by atoms with Gasteiger partial charge in [0.25, 0.3) is 0 Å². The molecule has 4 heterocycles. The van der Waals surface area contributed by atoms with Gasteiger partial charge in [0.05, 0.1) is 24.5 Å². The lowest BCUT2D eigenvalue weighted by Crippen LogP contribution is -2.05. The molecular formula is C36H26N4O2. The van der Waals surface area contributed by atoms with Crippen LogP contribution in [-0.2, 0) is 9.47 Å².